The van der Waals surface area contributed by atoms with Crippen LogP contribution < -0.4 is 5.32 Å². The second kappa shape index (κ2) is 8.18. The molecule has 0 aromatic carbocycles. The first-order chi connectivity index (χ1) is 14.2. The predicted molar refractivity (Wildman–Crippen MR) is 110 cm³/mol. The number of carbonyl (C=O) groups is 4. The van der Waals surface area contributed by atoms with E-state index in [1.807, 2.05) is 0 Å². The molecule has 2 heterocycles. The van der Waals surface area contributed by atoms with E-state index in [2.05, 4.69) is 18.5 Å². The average Bonchev–Trinajstić information content (AvgIpc) is 3.02. The van der Waals surface area contributed by atoms with Crippen molar-refractivity contribution in [3.05, 3.63) is 36.6 Å². The lowest BCUT2D eigenvalue weighted by Crippen LogP contribution is -2.47. The summed E-state index contributed by atoms with van der Waals surface area (Å²) in [6.45, 7) is 15.6. The van der Waals surface area contributed by atoms with E-state index in [0.29, 0.717) is 0 Å². The lowest BCUT2D eigenvalue weighted by molar-refractivity contribution is -0.142. The number of carboxylic acids is 2. The lowest BCUT2D eigenvalue weighted by Gasteiger charge is -2.34. The van der Waals surface area contributed by atoms with Crippen LogP contribution in [0.3, 0.4) is 0 Å². The van der Waals surface area contributed by atoms with E-state index in [1.54, 1.807) is 39.6 Å². The molecule has 31 heavy (non-hydrogen) atoms. The molecule has 2 aliphatic heterocycles. The van der Waals surface area contributed by atoms with Crippen molar-refractivity contribution in [2.75, 3.05) is 6.54 Å². The minimum Gasteiger partial charge on any atom is -0.481 e. The number of fused-ring (bicyclic) bond motifs is 1. The minimum atomic E-state index is -1.34. The number of aliphatic carboxylic acids is 2. The van der Waals surface area contributed by atoms with Gasteiger partial charge < -0.3 is 20.3 Å². The molecule has 0 saturated carbocycles. The maximum absolute atomic E-state index is 13.2. The number of rotatable bonds is 7. The Morgan fingerprint density at radius 3 is 2.10 bits per heavy atom. The number of ether oxygens (including phenoxy) is 1. The number of hydrazine groups is 1. The largest absolute Gasteiger partial charge is 0.481 e. The fourth-order valence-electron chi connectivity index (χ4n) is 3.96. The number of nitrogens with one attached hydrogen (secondary N) is 1. The molecule has 3 N–H and O–H groups in total. The summed E-state index contributed by atoms with van der Waals surface area (Å²) in [5, 5.41) is 24.7. The van der Waals surface area contributed by atoms with Gasteiger partial charge in [0.15, 0.2) is 0 Å². The first-order valence-corrected chi connectivity index (χ1v) is 9.73. The van der Waals surface area contributed by atoms with Crippen molar-refractivity contribution in [1.29, 1.82) is 0 Å². The van der Waals surface area contributed by atoms with Crippen LogP contribution >= 0.6 is 0 Å². The summed E-state index contributed by atoms with van der Waals surface area (Å²) in [5.41, 5.74) is -1.59. The molecule has 2 rings (SSSR count). The van der Waals surface area contributed by atoms with Gasteiger partial charge in [0.25, 0.3) is 5.91 Å². The summed E-state index contributed by atoms with van der Waals surface area (Å²) in [4.78, 5) is 49.3. The van der Waals surface area contributed by atoms with Crippen molar-refractivity contribution >= 4 is 23.9 Å². The van der Waals surface area contributed by atoms with Crippen LogP contribution in [0.1, 0.15) is 34.6 Å². The third-order valence-electron chi connectivity index (χ3n) is 5.21. The Labute approximate surface area is 180 Å². The van der Waals surface area contributed by atoms with E-state index in [9.17, 15) is 29.4 Å². The Hall–Kier alpha value is -3.14. The molecule has 0 radical (unpaired) electrons. The third-order valence-corrected chi connectivity index (χ3v) is 5.21. The van der Waals surface area contributed by atoms with Crippen molar-refractivity contribution in [3.8, 4) is 0 Å². The van der Waals surface area contributed by atoms with Crippen LogP contribution in [0.4, 0.5) is 4.79 Å². The summed E-state index contributed by atoms with van der Waals surface area (Å²) < 4.78 is 5.21. The molecule has 2 unspecified atom stereocenters. The van der Waals surface area contributed by atoms with Gasteiger partial charge in [0.1, 0.15) is 17.6 Å². The van der Waals surface area contributed by atoms with Gasteiger partial charge in [-0.15, -0.1) is 13.2 Å². The highest BCUT2D eigenvalue weighted by molar-refractivity contribution is 5.92. The zero-order chi connectivity index (χ0) is 23.9. The molecule has 0 bridgehead atoms. The summed E-state index contributed by atoms with van der Waals surface area (Å²) in [5.74, 6) is -5.66. The zero-order valence-electron chi connectivity index (χ0n) is 18.3. The standard InChI is InChI=1S/C21H29N3O7/c1-8-11(17(26)27)14-15(12(9-2)18(28)29)24-16(25)13(10-23(24)21(14,6)7)22-19(30)31-20(3,4)5/h8-9,11-13H,1-2,10H2,3-7H3,(H,22,30)(H,26,27)(H,28,29)/t11?,12?,13-/m0/s1. The van der Waals surface area contributed by atoms with Crippen molar-refractivity contribution in [3.63, 3.8) is 0 Å². The van der Waals surface area contributed by atoms with Gasteiger partial charge >= 0.3 is 18.0 Å². The molecule has 0 aromatic heterocycles. The van der Waals surface area contributed by atoms with E-state index in [0.717, 1.165) is 11.1 Å². The number of nitrogens with zero attached hydrogens (tertiary/aromatic N) is 2. The van der Waals surface area contributed by atoms with Crippen LogP contribution in [-0.4, -0.2) is 67.9 Å². The van der Waals surface area contributed by atoms with Crippen LogP contribution in [0.2, 0.25) is 0 Å². The van der Waals surface area contributed by atoms with Crippen molar-refractivity contribution in [2.24, 2.45) is 11.8 Å². The van der Waals surface area contributed by atoms with Crippen LogP contribution in [-0.2, 0) is 19.1 Å². The van der Waals surface area contributed by atoms with E-state index >= 15 is 0 Å². The smallest absolute Gasteiger partial charge is 0.408 e. The van der Waals surface area contributed by atoms with E-state index < -0.39 is 53.0 Å². The van der Waals surface area contributed by atoms with Crippen molar-refractivity contribution < 1.29 is 34.1 Å². The Balaban J connectivity index is 2.56. The first kappa shape index (κ1) is 24.1. The average molecular weight is 435 g/mol. The Bertz CT molecular complexity index is 869. The SMILES string of the molecule is C=CC(C(=O)O)C1=C(C(C=C)C(=O)O)C(C)(C)N2C[C@H](NC(=O)OC(C)(C)C)C(=O)N12. The Kier molecular flexibility index (Phi) is 6.37. The lowest BCUT2D eigenvalue weighted by atomic mass is 9.80. The van der Waals surface area contributed by atoms with Crippen LogP contribution in [0.5, 0.6) is 0 Å². The third kappa shape index (κ3) is 4.34. The van der Waals surface area contributed by atoms with Crippen LogP contribution in [0.25, 0.3) is 0 Å². The molecule has 1 fully saturated rings. The van der Waals surface area contributed by atoms with Crippen LogP contribution in [0.15, 0.2) is 36.6 Å². The Morgan fingerprint density at radius 2 is 1.68 bits per heavy atom. The highest BCUT2D eigenvalue weighted by atomic mass is 16.6. The molecule has 0 aromatic rings. The fourth-order valence-corrected chi connectivity index (χ4v) is 3.96. The topological polar surface area (TPSA) is 136 Å². The van der Waals surface area contributed by atoms with E-state index in [4.69, 9.17) is 4.74 Å². The van der Waals surface area contributed by atoms with Gasteiger partial charge in [-0.25, -0.2) is 14.8 Å². The van der Waals surface area contributed by atoms with E-state index in [1.165, 1.54) is 6.08 Å². The van der Waals surface area contributed by atoms with Gasteiger partial charge in [-0.05, 0) is 40.2 Å². The first-order valence-electron chi connectivity index (χ1n) is 9.73. The van der Waals surface area contributed by atoms with Gasteiger partial charge in [-0.2, -0.15) is 0 Å². The van der Waals surface area contributed by atoms with Crippen LogP contribution in [0, 0.1) is 11.8 Å². The second-order valence-electron chi connectivity index (χ2n) is 8.89. The molecule has 0 aliphatic carbocycles. The quantitative estimate of drug-likeness (QED) is 0.515. The number of alkyl carbamates (subject to hydrolysis) is 1. The van der Waals surface area contributed by atoms with Gasteiger partial charge in [0.05, 0.1) is 17.2 Å². The normalized spacial score (nSPS) is 22.5. The van der Waals surface area contributed by atoms with Gasteiger partial charge in [-0.3, -0.25) is 14.4 Å². The van der Waals surface area contributed by atoms with Gasteiger partial charge in [0.2, 0.25) is 0 Å². The van der Waals surface area contributed by atoms with Gasteiger partial charge in [0, 0.05) is 6.54 Å². The maximum Gasteiger partial charge on any atom is 0.408 e. The summed E-state index contributed by atoms with van der Waals surface area (Å²) >= 11 is 0. The number of carboxylic acid groups (broad SMARTS) is 2. The molecule has 170 valence electrons. The van der Waals surface area contributed by atoms with E-state index in [-0.39, 0.29) is 17.8 Å². The molecule has 10 heteroatoms. The molecule has 3 atom stereocenters. The molecule has 2 amide bonds. The molecular formula is C21H29N3O7. The number of hydrogen-bond donors (Lipinski definition) is 3. The molecular weight excluding hydrogens is 406 g/mol. The summed E-state index contributed by atoms with van der Waals surface area (Å²) in [6.07, 6.45) is 1.55. The summed E-state index contributed by atoms with van der Waals surface area (Å²) in [7, 11) is 0. The highest BCUT2D eigenvalue weighted by Crippen LogP contribution is 2.47. The van der Waals surface area contributed by atoms with Crippen molar-refractivity contribution in [2.45, 2.75) is 51.8 Å². The number of hydrogen-bond acceptors (Lipinski definition) is 6. The van der Waals surface area contributed by atoms with Crippen molar-refractivity contribution in [1.82, 2.24) is 15.3 Å². The number of carbonyl (C=O) groups excluding carboxylic acids is 2. The maximum atomic E-state index is 13.2. The molecule has 2 aliphatic rings. The fraction of sp³-hybridized carbons (Fsp3) is 0.524. The molecule has 0 spiro atoms. The summed E-state index contributed by atoms with van der Waals surface area (Å²) in [6, 6.07) is -1.00. The predicted octanol–water partition coefficient (Wildman–Crippen LogP) is 1.76. The van der Waals surface area contributed by atoms with Gasteiger partial charge in [-0.1, -0.05) is 12.2 Å². The highest BCUT2D eigenvalue weighted by Gasteiger charge is 2.58. The molecule has 1 saturated heterocycles. The monoisotopic (exact) mass is 435 g/mol. The number of amides is 2. The minimum absolute atomic E-state index is 0.00158. The second-order valence-corrected chi connectivity index (χ2v) is 8.89. The zero-order valence-corrected chi connectivity index (χ0v) is 18.3. The molecule has 10 nitrogen and oxygen atoms in total. The Morgan fingerprint density at radius 1 is 1.16 bits per heavy atom.